The van der Waals surface area contributed by atoms with Crippen molar-refractivity contribution in [1.29, 1.82) is 0 Å². The Bertz CT molecular complexity index is 326. The molecule has 1 aromatic carbocycles. The van der Waals surface area contributed by atoms with Crippen LogP contribution in [-0.2, 0) is 6.54 Å². The van der Waals surface area contributed by atoms with Gasteiger partial charge in [0.2, 0.25) is 0 Å². The van der Waals surface area contributed by atoms with E-state index in [1.54, 1.807) is 12.1 Å². The van der Waals surface area contributed by atoms with Gasteiger partial charge in [-0.3, -0.25) is 0 Å². The Morgan fingerprint density at radius 1 is 1.38 bits per heavy atom. The monoisotopic (exact) mass is 287 g/mol. The van der Waals surface area contributed by atoms with Gasteiger partial charge >= 0.3 is 0 Å². The highest BCUT2D eigenvalue weighted by Gasteiger charge is 2.01. The van der Waals surface area contributed by atoms with Crippen molar-refractivity contribution in [2.75, 3.05) is 6.54 Å². The van der Waals surface area contributed by atoms with Gasteiger partial charge in [0.15, 0.2) is 0 Å². The van der Waals surface area contributed by atoms with Crippen LogP contribution in [0.25, 0.3) is 0 Å². The van der Waals surface area contributed by atoms with Crippen LogP contribution in [-0.4, -0.2) is 6.54 Å². The van der Waals surface area contributed by atoms with Gasteiger partial charge in [-0.25, -0.2) is 4.39 Å². The first kappa shape index (κ1) is 13.7. The van der Waals surface area contributed by atoms with Crippen molar-refractivity contribution < 1.29 is 4.39 Å². The van der Waals surface area contributed by atoms with Crippen molar-refractivity contribution in [2.45, 2.75) is 33.2 Å². The molecule has 16 heavy (non-hydrogen) atoms. The van der Waals surface area contributed by atoms with Crippen LogP contribution in [0.2, 0.25) is 0 Å². The average Bonchev–Trinajstić information content (AvgIpc) is 2.22. The highest BCUT2D eigenvalue weighted by atomic mass is 79.9. The molecule has 1 aromatic rings. The normalized spacial score (nSPS) is 11.1. The largest absolute Gasteiger partial charge is 0.313 e. The lowest BCUT2D eigenvalue weighted by Gasteiger charge is -2.08. The quantitative estimate of drug-likeness (QED) is 0.777. The lowest BCUT2D eigenvalue weighted by molar-refractivity contribution is 0.526. The van der Waals surface area contributed by atoms with E-state index in [1.165, 1.54) is 18.9 Å². The third-order valence-electron chi connectivity index (χ3n) is 2.46. The zero-order valence-corrected chi connectivity index (χ0v) is 11.5. The molecule has 0 bridgehead atoms. The predicted octanol–water partition coefficient (Wildman–Crippen LogP) is 4.11. The van der Waals surface area contributed by atoms with Crippen molar-refractivity contribution in [2.24, 2.45) is 5.92 Å². The summed E-state index contributed by atoms with van der Waals surface area (Å²) in [5.74, 6) is 0.574. The van der Waals surface area contributed by atoms with Crippen LogP contribution in [0, 0.1) is 11.7 Å². The maximum atomic E-state index is 13.0. The van der Waals surface area contributed by atoms with Crippen LogP contribution in [0.3, 0.4) is 0 Å². The first-order valence-corrected chi connectivity index (χ1v) is 6.53. The number of rotatable bonds is 6. The van der Waals surface area contributed by atoms with Crippen LogP contribution in [0.15, 0.2) is 22.7 Å². The van der Waals surface area contributed by atoms with Crippen molar-refractivity contribution in [3.8, 4) is 0 Å². The molecule has 0 aliphatic heterocycles. The number of halogens is 2. The van der Waals surface area contributed by atoms with Crippen molar-refractivity contribution in [1.82, 2.24) is 5.32 Å². The van der Waals surface area contributed by atoms with Crippen LogP contribution < -0.4 is 5.32 Å². The van der Waals surface area contributed by atoms with Gasteiger partial charge < -0.3 is 5.32 Å². The Balaban J connectivity index is 2.29. The molecule has 0 aliphatic carbocycles. The molecule has 90 valence electrons. The fourth-order valence-corrected chi connectivity index (χ4v) is 1.92. The van der Waals surface area contributed by atoms with E-state index in [0.29, 0.717) is 0 Å². The molecule has 1 nitrogen and oxygen atoms in total. The molecule has 0 aliphatic rings. The number of nitrogens with one attached hydrogen (secondary N) is 1. The van der Waals surface area contributed by atoms with E-state index in [1.807, 2.05) is 0 Å². The average molecular weight is 288 g/mol. The third-order valence-corrected chi connectivity index (χ3v) is 3.23. The van der Waals surface area contributed by atoms with E-state index in [-0.39, 0.29) is 5.82 Å². The minimum absolute atomic E-state index is 0.179. The molecule has 1 N–H and O–H groups in total. The van der Waals surface area contributed by atoms with E-state index in [4.69, 9.17) is 0 Å². The van der Waals surface area contributed by atoms with E-state index < -0.39 is 0 Å². The van der Waals surface area contributed by atoms with Gasteiger partial charge in [0.05, 0.1) is 0 Å². The van der Waals surface area contributed by atoms with Crippen molar-refractivity contribution in [3.05, 3.63) is 34.1 Å². The van der Waals surface area contributed by atoms with Crippen molar-refractivity contribution >= 4 is 15.9 Å². The predicted molar refractivity (Wildman–Crippen MR) is 69.9 cm³/mol. The summed E-state index contributed by atoms with van der Waals surface area (Å²) < 4.78 is 13.9. The Kier molecular flexibility index (Phi) is 5.99. The molecular weight excluding hydrogens is 269 g/mol. The first-order chi connectivity index (χ1) is 7.59. The summed E-state index contributed by atoms with van der Waals surface area (Å²) >= 11 is 3.42. The molecule has 0 saturated heterocycles. The minimum atomic E-state index is -0.179. The van der Waals surface area contributed by atoms with Gasteiger partial charge in [-0.15, -0.1) is 0 Å². The van der Waals surface area contributed by atoms with Crippen LogP contribution in [0.5, 0.6) is 0 Å². The van der Waals surface area contributed by atoms with Gasteiger partial charge in [-0.2, -0.15) is 0 Å². The maximum Gasteiger partial charge on any atom is 0.123 e. The molecule has 0 spiro atoms. The van der Waals surface area contributed by atoms with Crippen LogP contribution in [0.1, 0.15) is 32.3 Å². The molecule has 0 atom stereocenters. The van der Waals surface area contributed by atoms with Gasteiger partial charge in [0.25, 0.3) is 0 Å². The number of hydrogen-bond acceptors (Lipinski definition) is 1. The zero-order chi connectivity index (χ0) is 12.0. The smallest absolute Gasteiger partial charge is 0.123 e. The SMILES string of the molecule is CC(C)CCCNCc1cc(F)ccc1Br. The van der Waals surface area contributed by atoms with Gasteiger partial charge in [0.1, 0.15) is 5.82 Å². The number of benzene rings is 1. The van der Waals surface area contributed by atoms with E-state index in [9.17, 15) is 4.39 Å². The summed E-state index contributed by atoms with van der Waals surface area (Å²) in [6, 6.07) is 4.78. The summed E-state index contributed by atoms with van der Waals surface area (Å²) in [4.78, 5) is 0. The summed E-state index contributed by atoms with van der Waals surface area (Å²) in [6.45, 7) is 6.16. The second kappa shape index (κ2) is 7.02. The fraction of sp³-hybridized carbons (Fsp3) is 0.538. The molecular formula is C13H19BrFN. The Labute approximate surface area is 106 Å². The summed E-state index contributed by atoms with van der Waals surface area (Å²) in [5.41, 5.74) is 0.976. The third kappa shape index (κ3) is 5.08. The van der Waals surface area contributed by atoms with E-state index in [2.05, 4.69) is 35.1 Å². The lowest BCUT2D eigenvalue weighted by Crippen LogP contribution is -2.15. The minimum Gasteiger partial charge on any atom is -0.313 e. The van der Waals surface area contributed by atoms with Crippen LogP contribution >= 0.6 is 15.9 Å². The highest BCUT2D eigenvalue weighted by molar-refractivity contribution is 9.10. The molecule has 0 unspecified atom stereocenters. The standard InChI is InChI=1S/C13H19BrFN/c1-10(2)4-3-7-16-9-11-8-12(15)5-6-13(11)14/h5-6,8,10,16H,3-4,7,9H2,1-2H3. The molecule has 3 heteroatoms. The Hall–Kier alpha value is -0.410. The van der Waals surface area contributed by atoms with Gasteiger partial charge in [-0.05, 0) is 49.1 Å². The molecule has 0 heterocycles. The number of hydrogen-bond donors (Lipinski definition) is 1. The summed E-state index contributed by atoms with van der Waals surface area (Å²) in [7, 11) is 0. The molecule has 0 radical (unpaired) electrons. The molecule has 0 fully saturated rings. The fourth-order valence-electron chi connectivity index (χ4n) is 1.54. The maximum absolute atomic E-state index is 13.0. The second-order valence-corrected chi connectivity index (χ2v) is 5.30. The van der Waals surface area contributed by atoms with Gasteiger partial charge in [-0.1, -0.05) is 29.8 Å². The lowest BCUT2D eigenvalue weighted by atomic mass is 10.1. The molecule has 1 rings (SSSR count). The Morgan fingerprint density at radius 3 is 2.81 bits per heavy atom. The molecule has 0 saturated carbocycles. The molecule has 0 aromatic heterocycles. The van der Waals surface area contributed by atoms with Crippen molar-refractivity contribution in [3.63, 3.8) is 0 Å². The Morgan fingerprint density at radius 2 is 2.12 bits per heavy atom. The zero-order valence-electron chi connectivity index (χ0n) is 9.89. The van der Waals surface area contributed by atoms with Crippen LogP contribution in [0.4, 0.5) is 4.39 Å². The summed E-state index contributed by atoms with van der Waals surface area (Å²) in [5, 5.41) is 3.33. The summed E-state index contributed by atoms with van der Waals surface area (Å²) in [6.07, 6.45) is 2.40. The van der Waals surface area contributed by atoms with Gasteiger partial charge in [0, 0.05) is 11.0 Å². The molecule has 0 amide bonds. The van der Waals surface area contributed by atoms with E-state index in [0.717, 1.165) is 29.0 Å². The first-order valence-electron chi connectivity index (χ1n) is 5.74. The van der Waals surface area contributed by atoms with E-state index >= 15 is 0 Å². The topological polar surface area (TPSA) is 12.0 Å². The second-order valence-electron chi connectivity index (χ2n) is 4.45. The highest BCUT2D eigenvalue weighted by Crippen LogP contribution is 2.17.